The second kappa shape index (κ2) is 3.96. The van der Waals surface area contributed by atoms with Crippen molar-refractivity contribution in [1.82, 2.24) is 0 Å². The molecule has 1 N–H and O–H groups in total. The van der Waals surface area contributed by atoms with E-state index in [-0.39, 0.29) is 11.1 Å². The van der Waals surface area contributed by atoms with E-state index < -0.39 is 11.5 Å². The van der Waals surface area contributed by atoms with E-state index in [1.54, 1.807) is 36.4 Å². The van der Waals surface area contributed by atoms with Crippen LogP contribution < -0.4 is 0 Å². The molecule has 0 radical (unpaired) electrons. The summed E-state index contributed by atoms with van der Waals surface area (Å²) in [6.45, 7) is 0. The minimum absolute atomic E-state index is 0.128. The fourth-order valence-corrected chi connectivity index (χ4v) is 1.69. The molecule has 0 fully saturated rings. The lowest BCUT2D eigenvalue weighted by atomic mass is 9.88. The van der Waals surface area contributed by atoms with E-state index in [0.717, 1.165) is 6.08 Å². The summed E-state index contributed by atoms with van der Waals surface area (Å²) in [5, 5.41) is 27.2. The van der Waals surface area contributed by atoms with Crippen molar-refractivity contribution in [3.8, 4) is 12.1 Å². The second-order valence-corrected chi connectivity index (χ2v) is 3.42. The average Bonchev–Trinajstić information content (AvgIpc) is 2.37. The largest absolute Gasteiger partial charge is 0.504 e. The van der Waals surface area contributed by atoms with Crippen LogP contribution in [0.1, 0.15) is 15.9 Å². The van der Waals surface area contributed by atoms with Gasteiger partial charge in [0, 0.05) is 11.1 Å². The SMILES string of the molecule is N#CC(C#N)=C1C=C(O)C(=O)c2ccccc21. The Balaban J connectivity index is 2.82. The van der Waals surface area contributed by atoms with Gasteiger partial charge < -0.3 is 5.11 Å². The van der Waals surface area contributed by atoms with Crippen LogP contribution in [0.3, 0.4) is 0 Å². The molecule has 0 bridgehead atoms. The molecular weight excluding hydrogens is 216 g/mol. The van der Waals surface area contributed by atoms with Crippen molar-refractivity contribution < 1.29 is 9.90 Å². The third kappa shape index (κ3) is 1.58. The maximum absolute atomic E-state index is 11.7. The number of hydrogen-bond donors (Lipinski definition) is 1. The topological polar surface area (TPSA) is 84.9 Å². The number of aliphatic hydroxyl groups is 1. The highest BCUT2D eigenvalue weighted by Gasteiger charge is 2.24. The zero-order valence-electron chi connectivity index (χ0n) is 8.64. The van der Waals surface area contributed by atoms with Crippen LogP contribution in [0.2, 0.25) is 0 Å². The number of carbonyl (C=O) groups is 1. The van der Waals surface area contributed by atoms with Gasteiger partial charge in [0.05, 0.1) is 0 Å². The van der Waals surface area contributed by atoms with Crippen molar-refractivity contribution in [3.63, 3.8) is 0 Å². The molecule has 1 aliphatic rings. The number of aliphatic hydroxyl groups excluding tert-OH is 1. The first kappa shape index (κ1) is 10.7. The molecule has 0 spiro atoms. The number of allylic oxidation sites excluding steroid dienone is 4. The Kier molecular flexibility index (Phi) is 2.48. The minimum atomic E-state index is -0.500. The number of ketones is 1. The Morgan fingerprint density at radius 2 is 1.71 bits per heavy atom. The van der Waals surface area contributed by atoms with E-state index >= 15 is 0 Å². The van der Waals surface area contributed by atoms with Crippen LogP contribution in [0.4, 0.5) is 0 Å². The quantitative estimate of drug-likeness (QED) is 0.681. The van der Waals surface area contributed by atoms with Crippen molar-refractivity contribution in [1.29, 1.82) is 10.5 Å². The van der Waals surface area contributed by atoms with Crippen molar-refractivity contribution in [2.75, 3.05) is 0 Å². The first-order valence-electron chi connectivity index (χ1n) is 4.78. The van der Waals surface area contributed by atoms with E-state index in [2.05, 4.69) is 0 Å². The summed E-state index contributed by atoms with van der Waals surface area (Å²) >= 11 is 0. The highest BCUT2D eigenvalue weighted by Crippen LogP contribution is 2.30. The van der Waals surface area contributed by atoms with Crippen LogP contribution in [0, 0.1) is 22.7 Å². The van der Waals surface area contributed by atoms with E-state index in [9.17, 15) is 9.90 Å². The Morgan fingerprint density at radius 1 is 1.12 bits per heavy atom. The predicted molar refractivity (Wildman–Crippen MR) is 59.6 cm³/mol. The summed E-state index contributed by atoms with van der Waals surface area (Å²) < 4.78 is 0. The standard InChI is InChI=1S/C13H6N2O2/c14-6-8(7-15)11-5-12(16)13(17)10-4-2-1-3-9(10)11/h1-5,16H. The third-order valence-electron chi connectivity index (χ3n) is 2.47. The average molecular weight is 222 g/mol. The number of fused-ring (bicyclic) bond motifs is 1. The molecule has 4 heteroatoms. The molecule has 0 amide bonds. The van der Waals surface area contributed by atoms with Crippen molar-refractivity contribution in [3.05, 3.63) is 52.8 Å². The summed E-state index contributed by atoms with van der Waals surface area (Å²) in [5.74, 6) is -0.957. The fraction of sp³-hybridized carbons (Fsp3) is 0. The molecule has 0 aliphatic heterocycles. The van der Waals surface area contributed by atoms with Crippen LogP contribution in [0.25, 0.3) is 5.57 Å². The summed E-state index contributed by atoms with van der Waals surface area (Å²) in [7, 11) is 0. The van der Waals surface area contributed by atoms with Gasteiger partial charge >= 0.3 is 0 Å². The van der Waals surface area contributed by atoms with Gasteiger partial charge in [-0.2, -0.15) is 10.5 Å². The van der Waals surface area contributed by atoms with Crippen molar-refractivity contribution in [2.24, 2.45) is 0 Å². The molecule has 80 valence electrons. The molecule has 0 saturated carbocycles. The normalized spacial score (nSPS) is 13.2. The second-order valence-electron chi connectivity index (χ2n) is 3.42. The number of Topliss-reactive ketones (excluding diaryl/α,β-unsaturated/α-hetero) is 1. The molecule has 0 unspecified atom stereocenters. The Bertz CT molecular complexity index is 639. The zero-order valence-corrected chi connectivity index (χ0v) is 8.64. The van der Waals surface area contributed by atoms with Gasteiger partial charge in [-0.05, 0) is 11.6 Å². The number of carbonyl (C=O) groups excluding carboxylic acids is 1. The molecule has 1 aromatic rings. The molecule has 17 heavy (non-hydrogen) atoms. The molecular formula is C13H6N2O2. The molecule has 0 saturated heterocycles. The first-order valence-corrected chi connectivity index (χ1v) is 4.78. The fourth-order valence-electron chi connectivity index (χ4n) is 1.69. The molecule has 1 aromatic carbocycles. The summed E-state index contributed by atoms with van der Waals surface area (Å²) in [6.07, 6.45) is 1.16. The summed E-state index contributed by atoms with van der Waals surface area (Å²) in [4.78, 5) is 11.7. The van der Waals surface area contributed by atoms with Gasteiger partial charge in [-0.25, -0.2) is 0 Å². The van der Waals surface area contributed by atoms with Crippen LogP contribution >= 0.6 is 0 Å². The van der Waals surface area contributed by atoms with Crippen molar-refractivity contribution in [2.45, 2.75) is 0 Å². The number of hydrogen-bond acceptors (Lipinski definition) is 4. The van der Waals surface area contributed by atoms with Crippen LogP contribution in [-0.2, 0) is 0 Å². The molecule has 2 rings (SSSR count). The van der Waals surface area contributed by atoms with Gasteiger partial charge in [0.1, 0.15) is 17.7 Å². The van der Waals surface area contributed by atoms with E-state index in [4.69, 9.17) is 10.5 Å². The van der Waals surface area contributed by atoms with E-state index in [0.29, 0.717) is 11.1 Å². The Morgan fingerprint density at radius 3 is 2.29 bits per heavy atom. The van der Waals surface area contributed by atoms with Crippen molar-refractivity contribution >= 4 is 11.4 Å². The maximum Gasteiger partial charge on any atom is 0.227 e. The maximum atomic E-state index is 11.7. The minimum Gasteiger partial charge on any atom is -0.504 e. The van der Waals surface area contributed by atoms with Gasteiger partial charge in [-0.3, -0.25) is 4.79 Å². The number of nitriles is 2. The van der Waals surface area contributed by atoms with Gasteiger partial charge in [0.2, 0.25) is 5.78 Å². The molecule has 0 heterocycles. The third-order valence-corrected chi connectivity index (χ3v) is 2.47. The number of rotatable bonds is 0. The highest BCUT2D eigenvalue weighted by atomic mass is 16.3. The number of nitrogens with zero attached hydrogens (tertiary/aromatic N) is 2. The lowest BCUT2D eigenvalue weighted by Crippen LogP contribution is -2.11. The monoisotopic (exact) mass is 222 g/mol. The van der Waals surface area contributed by atoms with Crippen LogP contribution in [0.15, 0.2) is 41.7 Å². The van der Waals surface area contributed by atoms with Gasteiger partial charge in [0.15, 0.2) is 5.76 Å². The summed E-state index contributed by atoms with van der Waals surface area (Å²) in [5.41, 5.74) is 0.943. The molecule has 0 atom stereocenters. The summed E-state index contributed by atoms with van der Waals surface area (Å²) in [6, 6.07) is 10.0. The number of benzene rings is 1. The molecule has 1 aliphatic carbocycles. The van der Waals surface area contributed by atoms with Gasteiger partial charge in [-0.1, -0.05) is 24.3 Å². The van der Waals surface area contributed by atoms with Crippen LogP contribution in [0.5, 0.6) is 0 Å². The van der Waals surface area contributed by atoms with E-state index in [1.807, 2.05) is 0 Å². The lowest BCUT2D eigenvalue weighted by molar-refractivity contribution is 0.0976. The molecule has 4 nitrogen and oxygen atoms in total. The van der Waals surface area contributed by atoms with Crippen LogP contribution in [-0.4, -0.2) is 10.9 Å². The first-order chi connectivity index (χ1) is 8.19. The smallest absolute Gasteiger partial charge is 0.227 e. The van der Waals surface area contributed by atoms with Gasteiger partial charge in [-0.15, -0.1) is 0 Å². The Hall–Kier alpha value is -2.85. The lowest BCUT2D eigenvalue weighted by Gasteiger charge is -2.14. The predicted octanol–water partition coefficient (Wildman–Crippen LogP) is 2.13. The van der Waals surface area contributed by atoms with Gasteiger partial charge in [0.25, 0.3) is 0 Å². The zero-order chi connectivity index (χ0) is 12.4. The highest BCUT2D eigenvalue weighted by molar-refractivity contribution is 6.15. The Labute approximate surface area is 97.3 Å². The molecule has 0 aromatic heterocycles. The van der Waals surface area contributed by atoms with E-state index in [1.165, 1.54) is 0 Å².